The molecule has 1 amide bonds. The first-order valence-electron chi connectivity index (χ1n) is 11.3. The Labute approximate surface area is 209 Å². The fourth-order valence-corrected chi connectivity index (χ4v) is 4.09. The third-order valence-electron chi connectivity index (χ3n) is 5.85. The van der Waals surface area contributed by atoms with Crippen molar-refractivity contribution in [2.75, 3.05) is 5.32 Å². The number of carbonyl (C=O) groups is 1. The van der Waals surface area contributed by atoms with Gasteiger partial charge in [0.1, 0.15) is 34.2 Å². The summed E-state index contributed by atoms with van der Waals surface area (Å²) in [5.74, 6) is 0.205. The first-order valence-corrected chi connectivity index (χ1v) is 11.3. The number of hydrogen-bond donors (Lipinski definition) is 2. The number of nitrogens with one attached hydrogen (secondary N) is 2. The molecule has 0 spiro atoms. The summed E-state index contributed by atoms with van der Waals surface area (Å²) in [7, 11) is 0. The minimum absolute atomic E-state index is 0.0724. The molecule has 6 aromatic rings. The molecular formula is C28H18FN5O3. The van der Waals surface area contributed by atoms with E-state index in [0.717, 1.165) is 11.0 Å². The number of benzene rings is 2. The van der Waals surface area contributed by atoms with E-state index in [1.807, 2.05) is 6.07 Å². The van der Waals surface area contributed by atoms with Gasteiger partial charge in [-0.2, -0.15) is 0 Å². The Kier molecular flexibility index (Phi) is 5.42. The van der Waals surface area contributed by atoms with Crippen LogP contribution >= 0.6 is 0 Å². The Morgan fingerprint density at radius 1 is 0.946 bits per heavy atom. The molecule has 2 N–H and O–H groups in total. The van der Waals surface area contributed by atoms with Crippen molar-refractivity contribution in [3.8, 4) is 17.2 Å². The summed E-state index contributed by atoms with van der Waals surface area (Å²) < 4.78 is 20.8. The van der Waals surface area contributed by atoms with Crippen molar-refractivity contribution in [1.82, 2.24) is 19.5 Å². The molecule has 0 fully saturated rings. The van der Waals surface area contributed by atoms with Gasteiger partial charge in [0.25, 0.3) is 11.5 Å². The highest BCUT2D eigenvalue weighted by atomic mass is 19.1. The van der Waals surface area contributed by atoms with Crippen LogP contribution in [0.4, 0.5) is 10.1 Å². The van der Waals surface area contributed by atoms with Crippen molar-refractivity contribution in [1.29, 1.82) is 0 Å². The molecule has 4 aromatic heterocycles. The highest BCUT2D eigenvalue weighted by Gasteiger charge is 2.18. The van der Waals surface area contributed by atoms with Gasteiger partial charge in [0.05, 0.1) is 11.1 Å². The van der Waals surface area contributed by atoms with E-state index in [0.29, 0.717) is 33.9 Å². The van der Waals surface area contributed by atoms with E-state index in [-0.39, 0.29) is 5.56 Å². The molecule has 0 unspecified atom stereocenters. The molecule has 8 nitrogen and oxygen atoms in total. The molecule has 2 aromatic carbocycles. The summed E-state index contributed by atoms with van der Waals surface area (Å²) in [5, 5.41) is 4.21. The Balaban J connectivity index is 1.29. The summed E-state index contributed by atoms with van der Waals surface area (Å²) in [6.45, 7) is 0. The summed E-state index contributed by atoms with van der Waals surface area (Å²) in [5.41, 5.74) is 1.33. The molecule has 0 aliphatic carbocycles. The normalized spacial score (nSPS) is 11.1. The summed E-state index contributed by atoms with van der Waals surface area (Å²) in [6, 6.07) is 20.9. The minimum Gasteiger partial charge on any atom is -0.457 e. The van der Waals surface area contributed by atoms with Gasteiger partial charge in [-0.1, -0.05) is 0 Å². The fourth-order valence-electron chi connectivity index (χ4n) is 4.09. The number of ether oxygens (including phenoxy) is 1. The van der Waals surface area contributed by atoms with Gasteiger partial charge < -0.3 is 15.0 Å². The number of anilines is 1. The lowest BCUT2D eigenvalue weighted by molar-refractivity contribution is 0.102. The zero-order valence-electron chi connectivity index (χ0n) is 19.2. The third-order valence-corrected chi connectivity index (χ3v) is 5.85. The predicted octanol–water partition coefficient (Wildman–Crippen LogP) is 5.45. The van der Waals surface area contributed by atoms with Gasteiger partial charge in [-0.15, -0.1) is 0 Å². The number of carbonyl (C=O) groups excluding carboxylic acids is 1. The number of H-pyrrole nitrogens is 1. The van der Waals surface area contributed by atoms with Crippen LogP contribution in [0.2, 0.25) is 0 Å². The molecule has 0 aliphatic rings. The van der Waals surface area contributed by atoms with Crippen molar-refractivity contribution >= 4 is 33.7 Å². The van der Waals surface area contributed by atoms with Crippen LogP contribution in [-0.4, -0.2) is 25.4 Å². The fraction of sp³-hybridized carbons (Fsp3) is 0. The second kappa shape index (κ2) is 9.04. The lowest BCUT2D eigenvalue weighted by Crippen LogP contribution is -2.29. The van der Waals surface area contributed by atoms with Crippen molar-refractivity contribution in [3.05, 3.63) is 119 Å². The van der Waals surface area contributed by atoms with E-state index in [9.17, 15) is 14.0 Å². The van der Waals surface area contributed by atoms with Crippen LogP contribution in [0, 0.1) is 5.82 Å². The molecule has 0 radical (unpaired) electrons. The van der Waals surface area contributed by atoms with Gasteiger partial charge >= 0.3 is 0 Å². The van der Waals surface area contributed by atoms with E-state index in [4.69, 9.17) is 4.74 Å². The van der Waals surface area contributed by atoms with E-state index < -0.39 is 17.3 Å². The zero-order chi connectivity index (χ0) is 25.4. The Bertz CT molecular complexity index is 1830. The van der Waals surface area contributed by atoms with Gasteiger partial charge in [-0.05, 0) is 78.9 Å². The first-order chi connectivity index (χ1) is 18.1. The van der Waals surface area contributed by atoms with Gasteiger partial charge in [0.2, 0.25) is 0 Å². The van der Waals surface area contributed by atoms with Crippen LogP contribution in [0.15, 0.2) is 102 Å². The largest absolute Gasteiger partial charge is 0.457 e. The SMILES string of the molecule is O=C(Nc1ccc(Oc2ccnc3[nH]ccc23)cc1)c1cc2cccnc2n(-c2ccc(F)cc2)c1=O. The monoisotopic (exact) mass is 491 g/mol. The van der Waals surface area contributed by atoms with Crippen molar-refractivity contribution < 1.29 is 13.9 Å². The maximum Gasteiger partial charge on any atom is 0.269 e. The third kappa shape index (κ3) is 4.19. The molecule has 6 rings (SSSR count). The van der Waals surface area contributed by atoms with Gasteiger partial charge in [0, 0.05) is 29.7 Å². The second-order valence-corrected chi connectivity index (χ2v) is 8.22. The number of aromatic amines is 1. The molecule has 0 saturated carbocycles. The molecule has 0 atom stereocenters. The second-order valence-electron chi connectivity index (χ2n) is 8.22. The standard InChI is InChI=1S/C28H18FN5O3/c29-18-3-7-20(8-4-18)34-26-17(2-1-13-32-26)16-23(28(34)36)27(35)33-19-5-9-21(10-6-19)37-24-12-15-31-25-22(24)11-14-30-25/h1-16H,(H,30,31)(H,33,35). The number of rotatable bonds is 5. The molecular weight excluding hydrogens is 473 g/mol. The van der Waals surface area contributed by atoms with Gasteiger partial charge in [-0.3, -0.25) is 14.2 Å². The molecule has 37 heavy (non-hydrogen) atoms. The average Bonchev–Trinajstić information content (AvgIpc) is 3.40. The molecule has 0 aliphatic heterocycles. The number of aromatic nitrogens is 4. The Morgan fingerprint density at radius 3 is 2.57 bits per heavy atom. The van der Waals surface area contributed by atoms with E-state index in [1.165, 1.54) is 34.9 Å². The van der Waals surface area contributed by atoms with Crippen molar-refractivity contribution in [2.45, 2.75) is 0 Å². The minimum atomic E-state index is -0.580. The lowest BCUT2D eigenvalue weighted by atomic mass is 10.1. The van der Waals surface area contributed by atoms with E-state index in [1.54, 1.807) is 61.1 Å². The topological polar surface area (TPSA) is 102 Å². The van der Waals surface area contributed by atoms with Crippen LogP contribution < -0.4 is 15.6 Å². The molecule has 180 valence electrons. The van der Waals surface area contributed by atoms with Crippen LogP contribution in [-0.2, 0) is 0 Å². The number of nitrogens with zero attached hydrogens (tertiary/aromatic N) is 3. The van der Waals surface area contributed by atoms with Crippen LogP contribution in [0.1, 0.15) is 10.4 Å². The lowest BCUT2D eigenvalue weighted by Gasteiger charge is -2.13. The number of hydrogen-bond acceptors (Lipinski definition) is 5. The highest BCUT2D eigenvalue weighted by molar-refractivity contribution is 6.05. The Morgan fingerprint density at radius 2 is 1.76 bits per heavy atom. The Hall–Kier alpha value is -5.31. The smallest absolute Gasteiger partial charge is 0.269 e. The summed E-state index contributed by atoms with van der Waals surface area (Å²) in [4.78, 5) is 38.1. The van der Waals surface area contributed by atoms with Crippen LogP contribution in [0.3, 0.4) is 0 Å². The zero-order valence-corrected chi connectivity index (χ0v) is 19.2. The summed E-state index contributed by atoms with van der Waals surface area (Å²) in [6.07, 6.45) is 4.99. The number of pyridine rings is 3. The first kappa shape index (κ1) is 22.2. The van der Waals surface area contributed by atoms with Crippen LogP contribution in [0.25, 0.3) is 27.8 Å². The number of amides is 1. The number of halogens is 1. The van der Waals surface area contributed by atoms with E-state index >= 15 is 0 Å². The van der Waals surface area contributed by atoms with Gasteiger partial charge in [-0.25, -0.2) is 14.4 Å². The maximum atomic E-state index is 13.5. The molecule has 4 heterocycles. The number of fused-ring (bicyclic) bond motifs is 2. The van der Waals surface area contributed by atoms with Crippen molar-refractivity contribution in [2.24, 2.45) is 0 Å². The van der Waals surface area contributed by atoms with Crippen LogP contribution in [0.5, 0.6) is 11.5 Å². The summed E-state index contributed by atoms with van der Waals surface area (Å²) >= 11 is 0. The molecule has 9 heteroatoms. The van der Waals surface area contributed by atoms with Crippen molar-refractivity contribution in [3.63, 3.8) is 0 Å². The average molecular weight is 491 g/mol. The van der Waals surface area contributed by atoms with Gasteiger partial charge in [0.15, 0.2) is 0 Å². The van der Waals surface area contributed by atoms with E-state index in [2.05, 4.69) is 20.3 Å². The predicted molar refractivity (Wildman–Crippen MR) is 138 cm³/mol. The quantitative estimate of drug-likeness (QED) is 0.334. The molecule has 0 bridgehead atoms. The maximum absolute atomic E-state index is 13.5. The highest BCUT2D eigenvalue weighted by Crippen LogP contribution is 2.29. The molecule has 0 saturated heterocycles.